The van der Waals surface area contributed by atoms with Gasteiger partial charge in [-0.3, -0.25) is 0 Å². The lowest BCUT2D eigenvalue weighted by atomic mass is 10.1. The van der Waals surface area contributed by atoms with Gasteiger partial charge >= 0.3 is 0 Å². The van der Waals surface area contributed by atoms with Crippen LogP contribution in [0.1, 0.15) is 37.5 Å². The summed E-state index contributed by atoms with van der Waals surface area (Å²) in [7, 11) is 0. The Kier molecular flexibility index (Phi) is 5.05. The molecule has 1 unspecified atom stereocenters. The molecule has 0 saturated heterocycles. The van der Waals surface area contributed by atoms with Gasteiger partial charge in [0.05, 0.1) is 0 Å². The van der Waals surface area contributed by atoms with Gasteiger partial charge in [-0.2, -0.15) is 0 Å². The van der Waals surface area contributed by atoms with Crippen molar-refractivity contribution in [3.8, 4) is 0 Å². The summed E-state index contributed by atoms with van der Waals surface area (Å²) in [6, 6.07) is 8.07. The number of carbonyl (C=O) groups is 1. The highest BCUT2D eigenvalue weighted by Crippen LogP contribution is 2.16. The predicted molar refractivity (Wildman–Crippen MR) is 60.9 cm³/mol. The van der Waals surface area contributed by atoms with Crippen LogP contribution in [0, 0.1) is 0 Å². The first-order chi connectivity index (χ1) is 7.31. The van der Waals surface area contributed by atoms with E-state index in [1.165, 1.54) is 5.56 Å². The van der Waals surface area contributed by atoms with Gasteiger partial charge in [0, 0.05) is 6.61 Å². The van der Waals surface area contributed by atoms with Gasteiger partial charge in [-0.25, -0.2) is 0 Å². The van der Waals surface area contributed by atoms with Crippen molar-refractivity contribution in [2.75, 3.05) is 6.61 Å². The van der Waals surface area contributed by atoms with Gasteiger partial charge < -0.3 is 9.53 Å². The monoisotopic (exact) mass is 206 g/mol. The van der Waals surface area contributed by atoms with E-state index in [2.05, 4.69) is 19.1 Å². The number of hydrogen-bond donors (Lipinski definition) is 0. The van der Waals surface area contributed by atoms with E-state index in [-0.39, 0.29) is 0 Å². The van der Waals surface area contributed by atoms with E-state index in [1.807, 2.05) is 19.1 Å². The van der Waals surface area contributed by atoms with Crippen LogP contribution in [0.15, 0.2) is 24.3 Å². The van der Waals surface area contributed by atoms with Crippen LogP contribution in [0.4, 0.5) is 0 Å². The fraction of sp³-hybridized carbons (Fsp3) is 0.462. The molecule has 0 saturated carbocycles. The van der Waals surface area contributed by atoms with Crippen LogP contribution in [0.5, 0.6) is 0 Å². The molecule has 2 heteroatoms. The molecule has 0 radical (unpaired) electrons. The molecule has 0 spiro atoms. The Morgan fingerprint density at radius 2 is 1.93 bits per heavy atom. The first kappa shape index (κ1) is 11.9. The number of benzene rings is 1. The molecule has 82 valence electrons. The van der Waals surface area contributed by atoms with Crippen LogP contribution in [0.2, 0.25) is 0 Å². The van der Waals surface area contributed by atoms with Crippen LogP contribution in [-0.4, -0.2) is 12.9 Å². The quantitative estimate of drug-likeness (QED) is 0.669. The van der Waals surface area contributed by atoms with E-state index in [1.54, 1.807) is 0 Å². The van der Waals surface area contributed by atoms with Crippen molar-refractivity contribution in [1.29, 1.82) is 0 Å². The van der Waals surface area contributed by atoms with E-state index in [0.717, 1.165) is 24.7 Å². The average Bonchev–Trinajstić information content (AvgIpc) is 2.28. The topological polar surface area (TPSA) is 26.3 Å². The molecule has 0 heterocycles. The number of aldehydes is 1. The number of aryl methyl sites for hydroxylation is 1. The summed E-state index contributed by atoms with van der Waals surface area (Å²) in [5.41, 5.74) is 2.24. The standard InChI is InChI=1S/C13H18O2/c1-3-5-11-6-8-12(9-7-11)13(10-14)15-4-2/h6-10,13H,3-5H2,1-2H3. The molecule has 1 aromatic carbocycles. The van der Waals surface area contributed by atoms with Crippen molar-refractivity contribution in [3.05, 3.63) is 35.4 Å². The Balaban J connectivity index is 2.72. The maximum atomic E-state index is 10.8. The summed E-state index contributed by atoms with van der Waals surface area (Å²) in [6.07, 6.45) is 2.66. The van der Waals surface area contributed by atoms with Crippen molar-refractivity contribution in [3.63, 3.8) is 0 Å². The van der Waals surface area contributed by atoms with Gasteiger partial charge in [0.2, 0.25) is 0 Å². The Bertz CT molecular complexity index is 290. The van der Waals surface area contributed by atoms with Crippen LogP contribution in [-0.2, 0) is 16.0 Å². The first-order valence-corrected chi connectivity index (χ1v) is 5.47. The zero-order valence-electron chi connectivity index (χ0n) is 9.40. The Morgan fingerprint density at radius 3 is 2.40 bits per heavy atom. The van der Waals surface area contributed by atoms with Crippen LogP contribution in [0.3, 0.4) is 0 Å². The number of rotatable bonds is 6. The lowest BCUT2D eigenvalue weighted by Crippen LogP contribution is -2.05. The second-order valence-electron chi connectivity index (χ2n) is 3.50. The summed E-state index contributed by atoms with van der Waals surface area (Å²) in [5, 5.41) is 0. The smallest absolute Gasteiger partial charge is 0.153 e. The molecule has 0 fully saturated rings. The summed E-state index contributed by atoms with van der Waals surface area (Å²) in [4.78, 5) is 10.8. The van der Waals surface area contributed by atoms with Crippen LogP contribution >= 0.6 is 0 Å². The van der Waals surface area contributed by atoms with Crippen LogP contribution in [0.25, 0.3) is 0 Å². The molecule has 0 aliphatic heterocycles. The minimum Gasteiger partial charge on any atom is -0.366 e. The third-order valence-corrected chi connectivity index (χ3v) is 2.32. The first-order valence-electron chi connectivity index (χ1n) is 5.47. The van der Waals surface area contributed by atoms with E-state index < -0.39 is 6.10 Å². The maximum absolute atomic E-state index is 10.8. The number of hydrogen-bond acceptors (Lipinski definition) is 2. The Labute approximate surface area is 91.3 Å². The normalized spacial score (nSPS) is 12.4. The summed E-state index contributed by atoms with van der Waals surface area (Å²) in [5.74, 6) is 0. The Morgan fingerprint density at radius 1 is 1.27 bits per heavy atom. The van der Waals surface area contributed by atoms with Crippen molar-refractivity contribution in [1.82, 2.24) is 0 Å². The molecule has 0 aliphatic rings. The third kappa shape index (κ3) is 3.48. The highest BCUT2D eigenvalue weighted by atomic mass is 16.5. The number of carbonyl (C=O) groups excluding carboxylic acids is 1. The fourth-order valence-corrected chi connectivity index (χ4v) is 1.56. The molecule has 0 aromatic heterocycles. The van der Waals surface area contributed by atoms with E-state index >= 15 is 0 Å². The van der Waals surface area contributed by atoms with Gasteiger partial charge in [-0.1, -0.05) is 37.6 Å². The second-order valence-corrected chi connectivity index (χ2v) is 3.50. The second kappa shape index (κ2) is 6.36. The molecule has 0 bridgehead atoms. The van der Waals surface area contributed by atoms with Crippen molar-refractivity contribution in [2.24, 2.45) is 0 Å². The molecule has 1 aromatic rings. The molecule has 0 amide bonds. The summed E-state index contributed by atoms with van der Waals surface area (Å²) < 4.78 is 5.31. The zero-order valence-corrected chi connectivity index (χ0v) is 9.40. The lowest BCUT2D eigenvalue weighted by molar-refractivity contribution is -0.118. The van der Waals surface area contributed by atoms with Crippen molar-refractivity contribution >= 4 is 6.29 Å². The molecule has 0 aliphatic carbocycles. The molecular weight excluding hydrogens is 188 g/mol. The molecule has 15 heavy (non-hydrogen) atoms. The van der Waals surface area contributed by atoms with E-state index in [9.17, 15) is 4.79 Å². The van der Waals surface area contributed by atoms with E-state index in [0.29, 0.717) is 6.61 Å². The molecule has 1 rings (SSSR count). The predicted octanol–water partition coefficient (Wildman–Crippen LogP) is 2.92. The number of ether oxygens (including phenoxy) is 1. The SMILES string of the molecule is CCCc1ccc(C(C=O)OCC)cc1. The van der Waals surface area contributed by atoms with Crippen molar-refractivity contribution in [2.45, 2.75) is 32.8 Å². The molecule has 0 N–H and O–H groups in total. The Hall–Kier alpha value is -1.15. The zero-order chi connectivity index (χ0) is 11.1. The highest BCUT2D eigenvalue weighted by molar-refractivity contribution is 5.59. The summed E-state index contributed by atoms with van der Waals surface area (Å²) in [6.45, 7) is 4.60. The third-order valence-electron chi connectivity index (χ3n) is 2.32. The highest BCUT2D eigenvalue weighted by Gasteiger charge is 2.08. The summed E-state index contributed by atoms with van der Waals surface area (Å²) >= 11 is 0. The van der Waals surface area contributed by atoms with Gasteiger partial charge in [0.1, 0.15) is 6.10 Å². The average molecular weight is 206 g/mol. The van der Waals surface area contributed by atoms with Gasteiger partial charge in [-0.15, -0.1) is 0 Å². The maximum Gasteiger partial charge on any atom is 0.153 e. The van der Waals surface area contributed by atoms with Crippen LogP contribution < -0.4 is 0 Å². The van der Waals surface area contributed by atoms with E-state index in [4.69, 9.17) is 4.74 Å². The van der Waals surface area contributed by atoms with Gasteiger partial charge in [0.15, 0.2) is 6.29 Å². The molecular formula is C13H18O2. The van der Waals surface area contributed by atoms with Crippen molar-refractivity contribution < 1.29 is 9.53 Å². The largest absolute Gasteiger partial charge is 0.366 e. The molecule has 2 nitrogen and oxygen atoms in total. The lowest BCUT2D eigenvalue weighted by Gasteiger charge is -2.10. The fourth-order valence-electron chi connectivity index (χ4n) is 1.56. The van der Waals surface area contributed by atoms with Gasteiger partial charge in [0.25, 0.3) is 0 Å². The minimum absolute atomic E-state index is 0.411. The minimum atomic E-state index is -0.411. The molecule has 1 atom stereocenters. The van der Waals surface area contributed by atoms with Gasteiger partial charge in [-0.05, 0) is 24.5 Å².